The summed E-state index contributed by atoms with van der Waals surface area (Å²) < 4.78 is 38.6. The summed E-state index contributed by atoms with van der Waals surface area (Å²) in [6.45, 7) is 0. The fourth-order valence-electron chi connectivity index (χ4n) is 0.309. The molecule has 0 atom stereocenters. The van der Waals surface area contributed by atoms with E-state index >= 15 is 0 Å². The SMILES string of the molecule is Clc1cc[o+]cc1.[O-][Cl+3]([O-])([O-])[O-]. The molecule has 12 heavy (non-hydrogen) atoms. The van der Waals surface area contributed by atoms with Crippen LogP contribution in [0.4, 0.5) is 0 Å². The van der Waals surface area contributed by atoms with Crippen LogP contribution < -0.4 is 18.6 Å². The van der Waals surface area contributed by atoms with Crippen molar-refractivity contribution in [2.75, 3.05) is 0 Å². The highest BCUT2D eigenvalue weighted by atomic mass is 35.7. The van der Waals surface area contributed by atoms with Crippen LogP contribution in [0, 0.1) is 10.2 Å². The van der Waals surface area contributed by atoms with Crippen molar-refractivity contribution in [3.8, 4) is 0 Å². The van der Waals surface area contributed by atoms with Gasteiger partial charge in [-0.2, -0.15) is 0 Å². The third-order valence-corrected chi connectivity index (χ3v) is 0.864. The summed E-state index contributed by atoms with van der Waals surface area (Å²) in [4.78, 5) is 0. The van der Waals surface area contributed by atoms with E-state index in [1.165, 1.54) is 12.5 Å². The van der Waals surface area contributed by atoms with Gasteiger partial charge in [-0.25, -0.2) is 23.1 Å². The lowest BCUT2D eigenvalue weighted by molar-refractivity contribution is -2.00. The molecule has 0 aliphatic rings. The Morgan fingerprint density at radius 2 is 1.42 bits per heavy atom. The first-order valence-electron chi connectivity index (χ1n) is 2.52. The van der Waals surface area contributed by atoms with Gasteiger partial charge in [0.05, 0.1) is 17.2 Å². The molecular formula is C5H4Cl2O5. The highest BCUT2D eigenvalue weighted by Crippen LogP contribution is 2.03. The molecule has 1 aromatic heterocycles. The van der Waals surface area contributed by atoms with Gasteiger partial charge in [-0.3, -0.25) is 0 Å². The molecule has 0 spiro atoms. The topological polar surface area (TPSA) is 104 Å². The highest BCUT2D eigenvalue weighted by Gasteiger charge is 1.86. The third-order valence-electron chi connectivity index (χ3n) is 0.612. The molecule has 5 nitrogen and oxygen atoms in total. The molecule has 0 aromatic carbocycles. The van der Waals surface area contributed by atoms with Crippen LogP contribution in [0.2, 0.25) is 5.02 Å². The van der Waals surface area contributed by atoms with Crippen LogP contribution in [0.15, 0.2) is 29.1 Å². The van der Waals surface area contributed by atoms with Gasteiger partial charge in [0.1, 0.15) is 0 Å². The summed E-state index contributed by atoms with van der Waals surface area (Å²) in [5.41, 5.74) is 0. The molecule has 0 N–H and O–H groups in total. The Labute approximate surface area is 75.2 Å². The minimum atomic E-state index is -4.94. The molecule has 0 saturated heterocycles. The standard InChI is InChI=1S/C5H4ClO.ClHO4/c6-5-1-3-7-4-2-5;2-1(3,4)5/h1-4H;(H,2,3,4,5)/q+1;/p-1. The Morgan fingerprint density at radius 3 is 1.58 bits per heavy atom. The van der Waals surface area contributed by atoms with Gasteiger partial charge in [0.25, 0.3) is 0 Å². The fourth-order valence-corrected chi connectivity index (χ4v) is 0.412. The van der Waals surface area contributed by atoms with Crippen LogP contribution in [-0.4, -0.2) is 0 Å². The van der Waals surface area contributed by atoms with Crippen LogP contribution in [0.5, 0.6) is 0 Å². The van der Waals surface area contributed by atoms with Crippen molar-refractivity contribution >= 4 is 11.6 Å². The average molecular weight is 215 g/mol. The zero-order valence-electron chi connectivity index (χ0n) is 5.61. The first kappa shape index (κ1) is 11.6. The molecule has 1 heterocycles. The Kier molecular flexibility index (Phi) is 5.07. The van der Waals surface area contributed by atoms with E-state index in [0.717, 1.165) is 0 Å². The van der Waals surface area contributed by atoms with Crippen LogP contribution >= 0.6 is 11.6 Å². The summed E-state index contributed by atoms with van der Waals surface area (Å²) in [5, 5.41) is 0.700. The second-order valence-electron chi connectivity index (χ2n) is 1.50. The molecule has 0 bridgehead atoms. The van der Waals surface area contributed by atoms with Gasteiger partial charge >= 0.3 is 12.5 Å². The molecule has 0 radical (unpaired) electrons. The summed E-state index contributed by atoms with van der Waals surface area (Å²) in [5.74, 6) is 0. The van der Waals surface area contributed by atoms with Crippen LogP contribution in [-0.2, 0) is 0 Å². The van der Waals surface area contributed by atoms with Crippen molar-refractivity contribution in [1.29, 1.82) is 0 Å². The van der Waals surface area contributed by atoms with Gasteiger partial charge in [0, 0.05) is 0 Å². The smallest absolute Gasteiger partial charge is 0.224 e. The molecule has 0 aliphatic heterocycles. The molecule has 0 amide bonds. The van der Waals surface area contributed by atoms with Gasteiger partial charge in [-0.05, 0) is 0 Å². The molecule has 0 saturated carbocycles. The van der Waals surface area contributed by atoms with Crippen molar-refractivity contribution < 1.29 is 33.3 Å². The van der Waals surface area contributed by atoms with Crippen molar-refractivity contribution in [2.45, 2.75) is 0 Å². The molecule has 7 heteroatoms. The normalized spacial score (nSPS) is 10.1. The average Bonchev–Trinajstić information content (AvgIpc) is 1.85. The first-order chi connectivity index (χ1) is 5.39. The molecule has 0 fully saturated rings. The van der Waals surface area contributed by atoms with Gasteiger partial charge in [0.2, 0.25) is 0 Å². The Bertz CT molecular complexity index is 203. The maximum absolute atomic E-state index is 8.49. The molecular weight excluding hydrogens is 211 g/mol. The maximum Gasteiger partial charge on any atom is 0.319 e. The zero-order valence-corrected chi connectivity index (χ0v) is 7.12. The van der Waals surface area contributed by atoms with E-state index in [2.05, 4.69) is 4.42 Å². The van der Waals surface area contributed by atoms with Gasteiger partial charge in [-0.15, -0.1) is 10.2 Å². The number of hydrogen-bond donors (Lipinski definition) is 0. The fraction of sp³-hybridized carbons (Fsp3) is 0. The maximum atomic E-state index is 8.49. The summed E-state index contributed by atoms with van der Waals surface area (Å²) in [6.07, 6.45) is 3.06. The minimum absolute atomic E-state index is 0.700. The summed E-state index contributed by atoms with van der Waals surface area (Å²) in [6, 6.07) is 3.36. The Balaban J connectivity index is 0.000000217. The Morgan fingerprint density at radius 1 is 1.08 bits per heavy atom. The zero-order chi connectivity index (χ0) is 9.61. The van der Waals surface area contributed by atoms with Crippen LogP contribution in [0.1, 0.15) is 0 Å². The van der Waals surface area contributed by atoms with Gasteiger partial charge in [0.15, 0.2) is 0 Å². The van der Waals surface area contributed by atoms with E-state index in [0.29, 0.717) is 5.02 Å². The van der Waals surface area contributed by atoms with Gasteiger partial charge < -0.3 is 0 Å². The van der Waals surface area contributed by atoms with E-state index in [1.54, 1.807) is 12.1 Å². The van der Waals surface area contributed by atoms with Crippen molar-refractivity contribution in [1.82, 2.24) is 0 Å². The van der Waals surface area contributed by atoms with Crippen LogP contribution in [0.3, 0.4) is 0 Å². The lowest BCUT2D eigenvalue weighted by Crippen LogP contribution is -2.68. The van der Waals surface area contributed by atoms with E-state index in [9.17, 15) is 0 Å². The highest BCUT2D eigenvalue weighted by molar-refractivity contribution is 6.30. The summed E-state index contributed by atoms with van der Waals surface area (Å²) in [7, 11) is -4.94. The predicted octanol–water partition coefficient (Wildman–Crippen LogP) is -2.54. The lowest BCUT2D eigenvalue weighted by atomic mass is 10.5. The summed E-state index contributed by atoms with van der Waals surface area (Å²) >= 11 is 5.48. The predicted molar refractivity (Wildman–Crippen MR) is 28.1 cm³/mol. The minimum Gasteiger partial charge on any atom is -0.224 e. The third kappa shape index (κ3) is 12.3. The van der Waals surface area contributed by atoms with Crippen LogP contribution in [0.25, 0.3) is 0 Å². The van der Waals surface area contributed by atoms with Crippen molar-refractivity contribution in [3.63, 3.8) is 0 Å². The quantitative estimate of drug-likeness (QED) is 0.443. The molecule has 0 aliphatic carbocycles. The van der Waals surface area contributed by atoms with E-state index in [1.807, 2.05) is 0 Å². The second kappa shape index (κ2) is 5.26. The monoisotopic (exact) mass is 214 g/mol. The molecule has 0 unspecified atom stereocenters. The largest absolute Gasteiger partial charge is 0.319 e. The van der Waals surface area contributed by atoms with Crippen molar-refractivity contribution in [2.24, 2.45) is 0 Å². The van der Waals surface area contributed by atoms with Crippen molar-refractivity contribution in [3.05, 3.63) is 29.7 Å². The number of hydrogen-bond acceptors (Lipinski definition) is 4. The molecule has 1 aromatic rings. The number of halogens is 2. The lowest BCUT2D eigenvalue weighted by Gasteiger charge is -2.17. The van der Waals surface area contributed by atoms with E-state index < -0.39 is 10.2 Å². The second-order valence-corrected chi connectivity index (χ2v) is 2.70. The van der Waals surface area contributed by atoms with Gasteiger partial charge in [-0.1, -0.05) is 11.6 Å². The van der Waals surface area contributed by atoms with E-state index in [4.69, 9.17) is 30.2 Å². The first-order valence-corrected chi connectivity index (χ1v) is 4.13. The molecule has 1 rings (SSSR count). The number of rotatable bonds is 0. The van der Waals surface area contributed by atoms with E-state index in [-0.39, 0.29) is 0 Å². The molecule has 68 valence electrons. The Hall–Kier alpha value is -0.430.